The van der Waals surface area contributed by atoms with Gasteiger partial charge in [-0.1, -0.05) is 84.9 Å². The minimum atomic E-state index is -7.18. The first kappa shape index (κ1) is 43.3. The molecule has 12 nitrogen and oxygen atoms in total. The van der Waals surface area contributed by atoms with Crippen LogP contribution in [0.15, 0.2) is 84.9 Å². The fourth-order valence-electron chi connectivity index (χ4n) is 3.78. The molecule has 0 saturated carbocycles. The molecule has 0 fully saturated rings. The molecule has 0 aliphatic heterocycles. The normalized spacial score (nSPS) is 14.7. The molecule has 0 unspecified atom stereocenters. The Kier molecular flexibility index (Phi) is 11.6. The van der Waals surface area contributed by atoms with E-state index in [2.05, 4.69) is 15.5 Å². The smallest absolute Gasteiger partial charge is 0.267 e. The summed E-state index contributed by atoms with van der Waals surface area (Å²) in [5.41, 5.74) is -26.1. The van der Waals surface area contributed by atoms with Gasteiger partial charge in [-0.15, -0.1) is 0 Å². The SMILES string of the molecule is O=S(=O)(O[Si](OS(=O)(=O)C(F)(F)F)(c1ccccc1)c1ccc([Si](OS(=O)(=O)C(F)(F)F)(OS(=O)(=O)C(F)(F)F)c2ccccc2)cc1)C(F)(F)F. The van der Waals surface area contributed by atoms with Gasteiger partial charge in [0, 0.05) is 20.7 Å². The molecule has 0 N–H and O–H groups in total. The Balaban J connectivity index is 2.55. The van der Waals surface area contributed by atoms with Crippen LogP contribution < -0.4 is 20.7 Å². The summed E-state index contributed by atoms with van der Waals surface area (Å²) in [5.74, 6) is 0. The van der Waals surface area contributed by atoms with Gasteiger partial charge in [0.25, 0.3) is 0 Å². The van der Waals surface area contributed by atoms with Gasteiger partial charge in [-0.05, 0) is 0 Å². The van der Waals surface area contributed by atoms with E-state index in [-0.39, 0.29) is 24.3 Å². The molecule has 0 heterocycles. The van der Waals surface area contributed by atoms with E-state index in [4.69, 9.17) is 0 Å². The third-order valence-electron chi connectivity index (χ3n) is 5.99. The molecule has 0 amide bonds. The number of hydrogen-bond acceptors (Lipinski definition) is 12. The standard InChI is InChI=1S/C22H14F12O12S4Si2/c23-19(24,25)47(35,36)43-51(15-7-3-1-4-8-15,44-48(37,38)20(26,27)28)17-11-13-18(14-12-17)52(16-9-5-2-6-10-16,45-49(39,40)21(29,30)31)46-50(41,42)22(32,33)34/h1-14H. The van der Waals surface area contributed by atoms with E-state index in [0.717, 1.165) is 36.4 Å². The van der Waals surface area contributed by atoms with Crippen LogP contribution in [0.5, 0.6) is 0 Å². The molecule has 0 saturated heterocycles. The molecule has 3 aromatic rings. The third-order valence-corrected chi connectivity index (χ3v) is 19.9. The molecule has 0 aliphatic carbocycles. The maximum atomic E-state index is 13.5. The summed E-state index contributed by atoms with van der Waals surface area (Å²) in [5, 5.41) is -5.23. The second-order valence-corrected chi connectivity index (χ2v) is 22.4. The van der Waals surface area contributed by atoms with Gasteiger partial charge in [-0.3, -0.25) is 15.5 Å². The largest absolute Gasteiger partial charge is 0.522 e. The van der Waals surface area contributed by atoms with Crippen molar-refractivity contribution in [3.8, 4) is 0 Å². The number of alkyl halides is 12. The average Bonchev–Trinajstić information content (AvgIpc) is 2.98. The van der Waals surface area contributed by atoms with E-state index in [0.29, 0.717) is 24.3 Å². The van der Waals surface area contributed by atoms with E-state index >= 15 is 0 Å². The Bertz CT molecular complexity index is 1950. The summed E-state index contributed by atoms with van der Waals surface area (Å²) in [7, 11) is -42.0. The van der Waals surface area contributed by atoms with E-state index in [9.17, 15) is 86.4 Å². The highest BCUT2D eigenvalue weighted by molar-refractivity contribution is 7.91. The zero-order valence-electron chi connectivity index (χ0n) is 24.2. The number of benzene rings is 3. The monoisotopic (exact) mass is 882 g/mol. The van der Waals surface area contributed by atoms with Gasteiger partial charge in [0.2, 0.25) is 0 Å². The van der Waals surface area contributed by atoms with Crippen LogP contribution in [0, 0.1) is 0 Å². The molecular weight excluding hydrogens is 869 g/mol. The maximum absolute atomic E-state index is 13.5. The van der Waals surface area contributed by atoms with E-state index < -0.39 is 100 Å². The highest BCUT2D eigenvalue weighted by Crippen LogP contribution is 2.34. The molecule has 52 heavy (non-hydrogen) atoms. The van der Waals surface area contributed by atoms with Gasteiger partial charge in [0.1, 0.15) is 0 Å². The minimum Gasteiger partial charge on any atom is -0.267 e. The van der Waals surface area contributed by atoms with Crippen molar-refractivity contribution in [2.24, 2.45) is 0 Å². The van der Waals surface area contributed by atoms with Crippen molar-refractivity contribution in [1.29, 1.82) is 0 Å². The lowest BCUT2D eigenvalue weighted by Crippen LogP contribution is -2.68. The molecular formula is C22H14F12O12S4Si2. The van der Waals surface area contributed by atoms with Crippen molar-refractivity contribution >= 4 is 78.3 Å². The number of rotatable bonds is 12. The van der Waals surface area contributed by atoms with E-state index in [1.165, 1.54) is 0 Å². The van der Waals surface area contributed by atoms with Gasteiger partial charge >= 0.3 is 79.6 Å². The zero-order chi connectivity index (χ0) is 40.0. The van der Waals surface area contributed by atoms with Gasteiger partial charge in [0.15, 0.2) is 0 Å². The fourth-order valence-corrected chi connectivity index (χ4v) is 17.2. The summed E-state index contributed by atoms with van der Waals surface area (Å²) in [6.07, 6.45) is 0. The Labute approximate surface area is 286 Å². The Hall–Kier alpha value is -3.11. The summed E-state index contributed by atoms with van der Waals surface area (Å²) < 4.78 is 277. The van der Waals surface area contributed by atoms with Crippen molar-refractivity contribution < 1.29 is 102 Å². The number of halogens is 12. The van der Waals surface area contributed by atoms with Crippen LogP contribution in [0.25, 0.3) is 0 Å². The summed E-state index contributed by atoms with van der Waals surface area (Å²) in [6.45, 7) is 0. The Morgan fingerprint density at radius 3 is 0.673 bits per heavy atom. The van der Waals surface area contributed by atoms with E-state index in [1.807, 2.05) is 0 Å². The van der Waals surface area contributed by atoms with Crippen LogP contribution in [0.4, 0.5) is 52.7 Å². The van der Waals surface area contributed by atoms with Crippen molar-refractivity contribution in [2.75, 3.05) is 0 Å². The van der Waals surface area contributed by atoms with Crippen molar-refractivity contribution in [3.05, 3.63) is 84.9 Å². The summed E-state index contributed by atoms with van der Waals surface area (Å²) in [6, 6.07) is 7.45. The molecule has 290 valence electrons. The van der Waals surface area contributed by atoms with Gasteiger partial charge in [-0.2, -0.15) is 86.4 Å². The Morgan fingerprint density at radius 1 is 0.327 bits per heavy atom. The molecule has 0 bridgehead atoms. The molecule has 0 spiro atoms. The quantitative estimate of drug-likeness (QED) is 0.148. The second-order valence-electron chi connectivity index (χ2n) is 9.48. The number of hydrogen-bond donors (Lipinski definition) is 0. The predicted molar refractivity (Wildman–Crippen MR) is 154 cm³/mol. The first-order chi connectivity index (χ1) is 23.2. The summed E-state index contributed by atoms with van der Waals surface area (Å²) in [4.78, 5) is 0. The molecule has 30 heteroatoms. The minimum absolute atomic E-state index is 0.0319. The van der Waals surface area contributed by atoms with Gasteiger partial charge < -0.3 is 0 Å². The first-order valence-corrected chi connectivity index (χ1v) is 21.8. The zero-order valence-corrected chi connectivity index (χ0v) is 29.4. The van der Waals surface area contributed by atoms with Crippen LogP contribution in [0.3, 0.4) is 0 Å². The average molecular weight is 883 g/mol. The lowest BCUT2D eigenvalue weighted by atomic mass is 10.3. The molecule has 3 aromatic carbocycles. The van der Waals surface area contributed by atoms with Crippen LogP contribution in [0.2, 0.25) is 0 Å². The van der Waals surface area contributed by atoms with Crippen molar-refractivity contribution in [2.45, 2.75) is 22.0 Å². The van der Waals surface area contributed by atoms with E-state index in [1.54, 1.807) is 0 Å². The maximum Gasteiger partial charge on any atom is 0.522 e. The van der Waals surface area contributed by atoms with Crippen LogP contribution in [-0.4, -0.2) is 72.8 Å². The topological polar surface area (TPSA) is 173 Å². The summed E-state index contributed by atoms with van der Waals surface area (Å²) >= 11 is 0. The molecule has 0 radical (unpaired) electrons. The highest BCUT2D eigenvalue weighted by Gasteiger charge is 2.64. The fraction of sp³-hybridized carbons (Fsp3) is 0.182. The lowest BCUT2D eigenvalue weighted by molar-refractivity contribution is -0.0535. The van der Waals surface area contributed by atoms with Crippen molar-refractivity contribution in [3.63, 3.8) is 0 Å². The van der Waals surface area contributed by atoms with Gasteiger partial charge in [-0.25, -0.2) is 0 Å². The van der Waals surface area contributed by atoms with Crippen molar-refractivity contribution in [1.82, 2.24) is 0 Å². The highest BCUT2D eigenvalue weighted by atomic mass is 32.2. The Morgan fingerprint density at radius 2 is 0.500 bits per heavy atom. The molecule has 3 rings (SSSR count). The molecule has 0 atom stereocenters. The van der Waals surface area contributed by atoms with Crippen LogP contribution in [0.1, 0.15) is 0 Å². The molecule has 0 aliphatic rings. The third kappa shape index (κ3) is 8.64. The van der Waals surface area contributed by atoms with Gasteiger partial charge in [0.05, 0.1) is 0 Å². The first-order valence-electron chi connectivity index (χ1n) is 12.5. The lowest BCUT2D eigenvalue weighted by Gasteiger charge is -2.32. The molecule has 0 aromatic heterocycles. The van der Waals surface area contributed by atoms with Crippen LogP contribution >= 0.6 is 0 Å². The second kappa shape index (κ2) is 13.9. The predicted octanol–water partition coefficient (Wildman–Crippen LogP) is 2.26. The van der Waals surface area contributed by atoms with Crippen LogP contribution in [-0.2, 0) is 56.0 Å².